The number of halogens is 2. The molecular formula is C20H20F2N2O3S2. The van der Waals surface area contributed by atoms with E-state index >= 15 is 0 Å². The van der Waals surface area contributed by atoms with E-state index in [2.05, 4.69) is 4.99 Å². The average Bonchev–Trinajstić information content (AvgIpc) is 2.98. The summed E-state index contributed by atoms with van der Waals surface area (Å²) in [6, 6.07) is 8.38. The number of fused-ring (bicyclic) bond motifs is 1. The summed E-state index contributed by atoms with van der Waals surface area (Å²) in [6.07, 6.45) is 0.360. The predicted molar refractivity (Wildman–Crippen MR) is 108 cm³/mol. The summed E-state index contributed by atoms with van der Waals surface area (Å²) >= 11 is 0.998. The van der Waals surface area contributed by atoms with Crippen molar-refractivity contribution in [2.75, 3.05) is 5.75 Å². The number of thiazole rings is 1. The summed E-state index contributed by atoms with van der Waals surface area (Å²) < 4.78 is 54.4. The van der Waals surface area contributed by atoms with Crippen LogP contribution in [0.1, 0.15) is 25.3 Å². The van der Waals surface area contributed by atoms with Crippen molar-refractivity contribution < 1.29 is 22.0 Å². The minimum Gasteiger partial charge on any atom is -0.314 e. The Morgan fingerprint density at radius 3 is 2.52 bits per heavy atom. The van der Waals surface area contributed by atoms with E-state index < -0.39 is 27.4 Å². The molecular weight excluding hydrogens is 418 g/mol. The van der Waals surface area contributed by atoms with Crippen LogP contribution in [0.2, 0.25) is 0 Å². The highest BCUT2D eigenvalue weighted by atomic mass is 32.2. The lowest BCUT2D eigenvalue weighted by atomic mass is 10.2. The van der Waals surface area contributed by atoms with E-state index in [-0.39, 0.29) is 27.4 Å². The average molecular weight is 439 g/mol. The summed E-state index contributed by atoms with van der Waals surface area (Å²) in [4.78, 5) is 16.7. The van der Waals surface area contributed by atoms with Gasteiger partial charge in [-0.05, 0) is 31.5 Å². The van der Waals surface area contributed by atoms with Gasteiger partial charge in [0.2, 0.25) is 5.91 Å². The molecule has 0 aliphatic heterocycles. The zero-order chi connectivity index (χ0) is 21.2. The number of benzene rings is 2. The van der Waals surface area contributed by atoms with Gasteiger partial charge in [0.25, 0.3) is 0 Å². The molecule has 29 heavy (non-hydrogen) atoms. The molecule has 0 atom stereocenters. The first kappa shape index (κ1) is 21.3. The van der Waals surface area contributed by atoms with Crippen molar-refractivity contribution in [3.8, 4) is 0 Å². The van der Waals surface area contributed by atoms with Gasteiger partial charge < -0.3 is 4.57 Å². The van der Waals surface area contributed by atoms with Gasteiger partial charge in [0.1, 0.15) is 5.82 Å². The number of hydrogen-bond donors (Lipinski definition) is 0. The van der Waals surface area contributed by atoms with E-state index in [1.54, 1.807) is 12.1 Å². The third-order valence-corrected chi connectivity index (χ3v) is 7.08. The third kappa shape index (κ3) is 4.79. The molecule has 154 valence electrons. The lowest BCUT2D eigenvalue weighted by molar-refractivity contribution is -0.117. The first-order chi connectivity index (χ1) is 13.7. The van der Waals surface area contributed by atoms with Crippen molar-refractivity contribution in [1.82, 2.24) is 4.57 Å². The molecule has 0 aliphatic rings. The standard InChI is InChI=1S/C20H20F2N2O3S2/c1-3-9-24-19-16(22)11-14(21)12-17(19)28-20(24)23-18(25)8-10-29(26,27)15-6-4-13(2)5-7-15/h4-7,11-12H,3,8-10H2,1-2H3. The van der Waals surface area contributed by atoms with E-state index in [1.165, 1.54) is 22.8 Å². The van der Waals surface area contributed by atoms with Crippen LogP contribution in [0.5, 0.6) is 0 Å². The number of hydrogen-bond acceptors (Lipinski definition) is 4. The van der Waals surface area contributed by atoms with E-state index in [9.17, 15) is 22.0 Å². The molecule has 0 saturated heterocycles. The molecule has 1 heterocycles. The molecule has 0 spiro atoms. The molecule has 0 aliphatic carbocycles. The van der Waals surface area contributed by atoms with Crippen molar-refractivity contribution in [3.05, 3.63) is 58.4 Å². The second-order valence-corrected chi connectivity index (χ2v) is 9.78. The van der Waals surface area contributed by atoms with Crippen molar-refractivity contribution in [2.24, 2.45) is 4.99 Å². The zero-order valence-corrected chi connectivity index (χ0v) is 17.6. The fraction of sp³-hybridized carbons (Fsp3) is 0.300. The number of sulfone groups is 1. The maximum atomic E-state index is 14.2. The minimum atomic E-state index is -3.62. The molecule has 2 aromatic carbocycles. The normalized spacial score (nSPS) is 12.6. The van der Waals surface area contributed by atoms with Crippen LogP contribution in [-0.4, -0.2) is 24.6 Å². The van der Waals surface area contributed by atoms with Gasteiger partial charge in [-0.25, -0.2) is 17.2 Å². The number of aromatic nitrogens is 1. The van der Waals surface area contributed by atoms with Gasteiger partial charge in [-0.15, -0.1) is 0 Å². The largest absolute Gasteiger partial charge is 0.314 e. The highest BCUT2D eigenvalue weighted by Gasteiger charge is 2.17. The molecule has 0 radical (unpaired) electrons. The van der Waals surface area contributed by atoms with Crippen LogP contribution in [-0.2, 0) is 21.2 Å². The number of carbonyl (C=O) groups is 1. The predicted octanol–water partition coefficient (Wildman–Crippen LogP) is 3.99. The Balaban J connectivity index is 1.89. The van der Waals surface area contributed by atoms with E-state index in [4.69, 9.17) is 0 Å². The van der Waals surface area contributed by atoms with E-state index in [0.29, 0.717) is 17.7 Å². The molecule has 3 rings (SSSR count). The van der Waals surface area contributed by atoms with Gasteiger partial charge >= 0.3 is 0 Å². The van der Waals surface area contributed by atoms with Gasteiger partial charge in [-0.2, -0.15) is 4.99 Å². The van der Waals surface area contributed by atoms with Crippen LogP contribution in [0, 0.1) is 18.6 Å². The van der Waals surface area contributed by atoms with E-state index in [0.717, 1.165) is 23.0 Å². The molecule has 3 aromatic rings. The zero-order valence-electron chi connectivity index (χ0n) is 16.0. The number of rotatable bonds is 6. The summed E-state index contributed by atoms with van der Waals surface area (Å²) in [6.45, 7) is 4.14. The first-order valence-corrected chi connectivity index (χ1v) is 11.5. The molecule has 0 bridgehead atoms. The maximum absolute atomic E-state index is 14.2. The first-order valence-electron chi connectivity index (χ1n) is 9.06. The van der Waals surface area contributed by atoms with Crippen molar-refractivity contribution in [3.63, 3.8) is 0 Å². The number of aryl methyl sites for hydroxylation is 2. The molecule has 0 unspecified atom stereocenters. The smallest absolute Gasteiger partial charge is 0.249 e. The van der Waals surface area contributed by atoms with Crippen molar-refractivity contribution >= 4 is 37.3 Å². The SMILES string of the molecule is CCCn1c(=NC(=O)CCS(=O)(=O)c2ccc(C)cc2)sc2cc(F)cc(F)c21. The number of amides is 1. The third-order valence-electron chi connectivity index (χ3n) is 4.33. The van der Waals surface area contributed by atoms with E-state index in [1.807, 2.05) is 13.8 Å². The Kier molecular flexibility index (Phi) is 6.28. The molecule has 0 saturated carbocycles. The summed E-state index contributed by atoms with van der Waals surface area (Å²) in [5.41, 5.74) is 1.13. The Morgan fingerprint density at radius 1 is 1.17 bits per heavy atom. The van der Waals surface area contributed by atoms with Crippen LogP contribution in [0.25, 0.3) is 10.2 Å². The van der Waals surface area contributed by atoms with Crippen LogP contribution in [0.4, 0.5) is 8.78 Å². The van der Waals surface area contributed by atoms with Crippen LogP contribution < -0.4 is 4.80 Å². The molecule has 5 nitrogen and oxygen atoms in total. The van der Waals surface area contributed by atoms with Gasteiger partial charge in [0.15, 0.2) is 20.5 Å². The fourth-order valence-electron chi connectivity index (χ4n) is 2.89. The van der Waals surface area contributed by atoms with Crippen LogP contribution in [0.3, 0.4) is 0 Å². The van der Waals surface area contributed by atoms with Gasteiger partial charge in [0, 0.05) is 19.0 Å². The lowest BCUT2D eigenvalue weighted by Gasteiger charge is -2.04. The number of carbonyl (C=O) groups excluding carboxylic acids is 1. The quantitative estimate of drug-likeness (QED) is 0.584. The Morgan fingerprint density at radius 2 is 1.86 bits per heavy atom. The number of nitrogens with zero attached hydrogens (tertiary/aromatic N) is 2. The monoisotopic (exact) mass is 438 g/mol. The minimum absolute atomic E-state index is 0.149. The van der Waals surface area contributed by atoms with Crippen LogP contribution >= 0.6 is 11.3 Å². The molecule has 0 fully saturated rings. The summed E-state index contributed by atoms with van der Waals surface area (Å²) in [7, 11) is -3.62. The Bertz CT molecular complexity index is 1230. The molecule has 9 heteroatoms. The molecule has 0 N–H and O–H groups in total. The second kappa shape index (κ2) is 8.54. The van der Waals surface area contributed by atoms with Gasteiger partial charge in [-0.3, -0.25) is 4.79 Å². The summed E-state index contributed by atoms with van der Waals surface area (Å²) in [5.74, 6) is -2.43. The Hall–Kier alpha value is -2.39. The molecule has 1 amide bonds. The topological polar surface area (TPSA) is 68.5 Å². The van der Waals surface area contributed by atoms with Gasteiger partial charge in [0.05, 0.1) is 20.9 Å². The highest BCUT2D eigenvalue weighted by molar-refractivity contribution is 7.91. The molecule has 1 aromatic heterocycles. The van der Waals surface area contributed by atoms with Crippen molar-refractivity contribution in [1.29, 1.82) is 0 Å². The second-order valence-electron chi connectivity index (χ2n) is 6.66. The lowest BCUT2D eigenvalue weighted by Crippen LogP contribution is -2.18. The maximum Gasteiger partial charge on any atom is 0.249 e. The van der Waals surface area contributed by atoms with Gasteiger partial charge in [-0.1, -0.05) is 36.0 Å². The summed E-state index contributed by atoms with van der Waals surface area (Å²) in [5, 5.41) is 0. The fourth-order valence-corrected chi connectivity index (χ4v) is 5.24. The Labute approximate surface area is 171 Å². The highest BCUT2D eigenvalue weighted by Crippen LogP contribution is 2.22. The van der Waals surface area contributed by atoms with Crippen molar-refractivity contribution in [2.45, 2.75) is 38.1 Å². The van der Waals surface area contributed by atoms with Crippen LogP contribution in [0.15, 0.2) is 46.3 Å².